The van der Waals surface area contributed by atoms with Gasteiger partial charge in [-0.3, -0.25) is 14.2 Å². The Hall–Kier alpha value is -2.48. The molecule has 0 atom stereocenters. The van der Waals surface area contributed by atoms with Crippen molar-refractivity contribution in [1.82, 2.24) is 19.6 Å². The van der Waals surface area contributed by atoms with Crippen molar-refractivity contribution < 1.29 is 9.18 Å². The van der Waals surface area contributed by atoms with Gasteiger partial charge in [0.2, 0.25) is 5.91 Å². The second-order valence-electron chi connectivity index (χ2n) is 6.04. The predicted octanol–water partition coefficient (Wildman–Crippen LogP) is 3.68. The number of amides is 1. The van der Waals surface area contributed by atoms with Crippen LogP contribution in [0.1, 0.15) is 23.4 Å². The van der Waals surface area contributed by atoms with E-state index in [1.54, 1.807) is 33.6 Å². The van der Waals surface area contributed by atoms with E-state index in [0.717, 1.165) is 15.9 Å². The van der Waals surface area contributed by atoms with Gasteiger partial charge < -0.3 is 5.32 Å². The van der Waals surface area contributed by atoms with E-state index in [9.17, 15) is 9.18 Å². The van der Waals surface area contributed by atoms with Crippen molar-refractivity contribution in [3.8, 4) is 0 Å². The minimum atomic E-state index is -0.270. The molecule has 0 saturated carbocycles. The fourth-order valence-electron chi connectivity index (χ4n) is 2.55. The zero-order valence-corrected chi connectivity index (χ0v) is 16.1. The average molecular weight is 420 g/mol. The summed E-state index contributed by atoms with van der Waals surface area (Å²) in [6.45, 7) is 4.56. The van der Waals surface area contributed by atoms with Crippen LogP contribution in [0.4, 0.5) is 10.2 Å². The van der Waals surface area contributed by atoms with Crippen molar-refractivity contribution in [2.45, 2.75) is 33.4 Å². The molecule has 3 aromatic rings. The Morgan fingerprint density at radius 1 is 1.27 bits per heavy atom. The van der Waals surface area contributed by atoms with Crippen LogP contribution >= 0.6 is 15.9 Å². The Morgan fingerprint density at radius 3 is 2.73 bits per heavy atom. The van der Waals surface area contributed by atoms with Gasteiger partial charge in [-0.2, -0.15) is 10.2 Å². The monoisotopic (exact) mass is 419 g/mol. The average Bonchev–Trinajstić information content (AvgIpc) is 3.10. The number of aromatic nitrogens is 4. The number of hydrogen-bond acceptors (Lipinski definition) is 3. The van der Waals surface area contributed by atoms with Crippen LogP contribution in [0, 0.1) is 19.7 Å². The molecule has 0 bridgehead atoms. The summed E-state index contributed by atoms with van der Waals surface area (Å²) in [6.07, 6.45) is 2.13. The number of anilines is 1. The Balaban J connectivity index is 1.60. The highest BCUT2D eigenvalue weighted by molar-refractivity contribution is 9.10. The Labute approximate surface area is 159 Å². The van der Waals surface area contributed by atoms with Gasteiger partial charge in [-0.05, 0) is 35.8 Å². The fourth-order valence-corrected chi connectivity index (χ4v) is 2.86. The number of benzene rings is 1. The number of carbonyl (C=O) groups is 1. The number of halogens is 2. The molecule has 2 aromatic heterocycles. The molecule has 3 rings (SSSR count). The molecule has 0 aliphatic carbocycles. The van der Waals surface area contributed by atoms with E-state index in [2.05, 4.69) is 31.4 Å². The van der Waals surface area contributed by atoms with E-state index in [1.807, 2.05) is 20.0 Å². The third kappa shape index (κ3) is 4.37. The first kappa shape index (κ1) is 18.3. The van der Waals surface area contributed by atoms with Gasteiger partial charge in [0, 0.05) is 36.5 Å². The second kappa shape index (κ2) is 7.82. The maximum atomic E-state index is 13.8. The summed E-state index contributed by atoms with van der Waals surface area (Å²) in [5, 5.41) is 11.4. The topological polar surface area (TPSA) is 64.7 Å². The molecule has 26 heavy (non-hydrogen) atoms. The highest BCUT2D eigenvalue weighted by Crippen LogP contribution is 2.15. The van der Waals surface area contributed by atoms with Gasteiger partial charge in [-0.1, -0.05) is 18.2 Å². The summed E-state index contributed by atoms with van der Waals surface area (Å²) in [6, 6.07) is 8.36. The van der Waals surface area contributed by atoms with Gasteiger partial charge in [0.25, 0.3) is 0 Å². The molecule has 0 radical (unpaired) electrons. The summed E-state index contributed by atoms with van der Waals surface area (Å²) in [5.74, 6) is 0.0418. The molecular weight excluding hydrogens is 401 g/mol. The molecule has 1 aromatic carbocycles. The summed E-state index contributed by atoms with van der Waals surface area (Å²) in [5.41, 5.74) is 2.28. The van der Waals surface area contributed by atoms with Gasteiger partial charge in [0.15, 0.2) is 5.82 Å². The first-order valence-corrected chi connectivity index (χ1v) is 8.99. The SMILES string of the molecule is Cc1nn(CCC(=O)Nc2cc(C)n(Cc3ccccc3F)n2)cc1Br. The zero-order chi connectivity index (χ0) is 18.7. The van der Waals surface area contributed by atoms with E-state index in [0.29, 0.717) is 24.5 Å². The highest BCUT2D eigenvalue weighted by atomic mass is 79.9. The van der Waals surface area contributed by atoms with Gasteiger partial charge in [-0.25, -0.2) is 4.39 Å². The molecule has 8 heteroatoms. The lowest BCUT2D eigenvalue weighted by Crippen LogP contribution is -2.15. The second-order valence-corrected chi connectivity index (χ2v) is 6.90. The number of rotatable bonds is 6. The largest absolute Gasteiger partial charge is 0.309 e. The third-order valence-electron chi connectivity index (χ3n) is 3.98. The van der Waals surface area contributed by atoms with E-state index >= 15 is 0 Å². The van der Waals surface area contributed by atoms with Crippen LogP contribution in [0.25, 0.3) is 0 Å². The maximum Gasteiger partial charge on any atom is 0.227 e. The molecule has 0 fully saturated rings. The molecule has 6 nitrogen and oxygen atoms in total. The summed E-state index contributed by atoms with van der Waals surface area (Å²) in [7, 11) is 0. The van der Waals surface area contributed by atoms with Crippen LogP contribution in [-0.2, 0) is 17.9 Å². The maximum absolute atomic E-state index is 13.8. The quantitative estimate of drug-likeness (QED) is 0.662. The van der Waals surface area contributed by atoms with Crippen LogP contribution in [0.15, 0.2) is 41.0 Å². The highest BCUT2D eigenvalue weighted by Gasteiger charge is 2.11. The molecule has 1 amide bonds. The van der Waals surface area contributed by atoms with Gasteiger partial charge >= 0.3 is 0 Å². The van der Waals surface area contributed by atoms with Crippen LogP contribution in [0.2, 0.25) is 0 Å². The number of nitrogens with zero attached hydrogens (tertiary/aromatic N) is 4. The van der Waals surface area contributed by atoms with E-state index < -0.39 is 0 Å². The Morgan fingerprint density at radius 2 is 2.04 bits per heavy atom. The van der Waals surface area contributed by atoms with Gasteiger partial charge in [0.05, 0.1) is 16.7 Å². The Kier molecular flexibility index (Phi) is 5.51. The predicted molar refractivity (Wildman–Crippen MR) is 100 cm³/mol. The Bertz CT molecular complexity index is 914. The number of nitrogens with one attached hydrogen (secondary N) is 1. The van der Waals surface area contributed by atoms with Crippen molar-refractivity contribution in [2.75, 3.05) is 5.32 Å². The molecule has 2 heterocycles. The molecule has 0 aliphatic rings. The zero-order valence-electron chi connectivity index (χ0n) is 14.5. The molecule has 0 saturated heterocycles. The molecule has 0 unspecified atom stereocenters. The normalized spacial score (nSPS) is 10.9. The first-order valence-electron chi connectivity index (χ1n) is 8.19. The molecule has 1 N–H and O–H groups in total. The lowest BCUT2D eigenvalue weighted by molar-refractivity contribution is -0.116. The fraction of sp³-hybridized carbons (Fsp3) is 0.278. The summed E-state index contributed by atoms with van der Waals surface area (Å²) in [4.78, 5) is 12.1. The molecular formula is C18H19BrFN5O. The van der Waals surface area contributed by atoms with E-state index in [1.165, 1.54) is 6.07 Å². The molecule has 0 spiro atoms. The lowest BCUT2D eigenvalue weighted by Gasteiger charge is -2.05. The van der Waals surface area contributed by atoms with E-state index in [4.69, 9.17) is 0 Å². The number of hydrogen-bond donors (Lipinski definition) is 1. The van der Waals surface area contributed by atoms with Crippen molar-refractivity contribution in [3.05, 3.63) is 63.8 Å². The number of carbonyl (C=O) groups excluding carboxylic acids is 1. The third-order valence-corrected chi connectivity index (χ3v) is 4.76. The first-order chi connectivity index (χ1) is 12.4. The summed E-state index contributed by atoms with van der Waals surface area (Å²) >= 11 is 3.40. The van der Waals surface area contributed by atoms with Crippen LogP contribution in [-0.4, -0.2) is 25.5 Å². The van der Waals surface area contributed by atoms with Crippen LogP contribution in [0.3, 0.4) is 0 Å². The van der Waals surface area contributed by atoms with Gasteiger partial charge in [-0.15, -0.1) is 0 Å². The smallest absolute Gasteiger partial charge is 0.227 e. The standard InChI is InChI=1S/C18H19BrFN5O/c1-12-9-17(23-25(12)10-14-5-3-4-6-16(14)20)21-18(26)7-8-24-11-15(19)13(2)22-24/h3-6,9,11H,7-8,10H2,1-2H3,(H,21,23,26). The van der Waals surface area contributed by atoms with Crippen molar-refractivity contribution in [1.29, 1.82) is 0 Å². The van der Waals surface area contributed by atoms with Crippen molar-refractivity contribution in [2.24, 2.45) is 0 Å². The number of aryl methyl sites for hydroxylation is 3. The lowest BCUT2D eigenvalue weighted by atomic mass is 10.2. The van der Waals surface area contributed by atoms with Gasteiger partial charge in [0.1, 0.15) is 5.82 Å². The van der Waals surface area contributed by atoms with Crippen LogP contribution in [0.5, 0.6) is 0 Å². The van der Waals surface area contributed by atoms with Crippen molar-refractivity contribution in [3.63, 3.8) is 0 Å². The van der Waals surface area contributed by atoms with Crippen molar-refractivity contribution >= 4 is 27.7 Å². The summed E-state index contributed by atoms with van der Waals surface area (Å²) < 4.78 is 18.1. The molecule has 136 valence electrons. The minimum absolute atomic E-state index is 0.148. The van der Waals surface area contributed by atoms with Crippen LogP contribution < -0.4 is 5.32 Å². The molecule has 0 aliphatic heterocycles. The minimum Gasteiger partial charge on any atom is -0.309 e. The van der Waals surface area contributed by atoms with E-state index in [-0.39, 0.29) is 18.1 Å².